The zero-order valence-corrected chi connectivity index (χ0v) is 13.3. The molecular weight excluding hydrogens is 340 g/mol. The first-order valence-corrected chi connectivity index (χ1v) is 7.33. The number of aryl methyl sites for hydroxylation is 1. The maximum absolute atomic E-state index is 12.5. The molecule has 0 spiro atoms. The van der Waals surface area contributed by atoms with Gasteiger partial charge in [0.1, 0.15) is 5.75 Å². The Morgan fingerprint density at radius 2 is 1.86 bits per heavy atom. The second-order valence-corrected chi connectivity index (χ2v) is 5.62. The monoisotopic (exact) mass is 355 g/mol. The van der Waals surface area contributed by atoms with Crippen molar-refractivity contribution in [1.29, 1.82) is 0 Å². The summed E-state index contributed by atoms with van der Waals surface area (Å²) < 4.78 is 30.4. The van der Waals surface area contributed by atoms with Gasteiger partial charge in [-0.3, -0.25) is 0 Å². The standard InChI is InChI=1S/C16H16BrF2NO/c1-10-7-8-13(17)14(9-10)20-11(2)12-5-3-4-6-15(12)21-16(18)19/h3-9,11,16,20H,1-2H3. The Morgan fingerprint density at radius 1 is 1.14 bits per heavy atom. The van der Waals surface area contributed by atoms with E-state index in [2.05, 4.69) is 26.0 Å². The van der Waals surface area contributed by atoms with E-state index in [0.717, 1.165) is 15.7 Å². The number of hydrogen-bond donors (Lipinski definition) is 1. The summed E-state index contributed by atoms with van der Waals surface area (Å²) in [4.78, 5) is 0. The van der Waals surface area contributed by atoms with E-state index in [1.807, 2.05) is 32.0 Å². The van der Waals surface area contributed by atoms with Gasteiger partial charge < -0.3 is 10.1 Å². The number of anilines is 1. The summed E-state index contributed by atoms with van der Waals surface area (Å²) in [5.41, 5.74) is 2.71. The molecule has 112 valence electrons. The number of hydrogen-bond acceptors (Lipinski definition) is 2. The van der Waals surface area contributed by atoms with E-state index in [4.69, 9.17) is 0 Å². The third-order valence-corrected chi connectivity index (χ3v) is 3.79. The maximum atomic E-state index is 12.5. The zero-order chi connectivity index (χ0) is 15.4. The van der Waals surface area contributed by atoms with Crippen molar-refractivity contribution in [3.63, 3.8) is 0 Å². The second-order valence-electron chi connectivity index (χ2n) is 4.77. The minimum Gasteiger partial charge on any atom is -0.434 e. The predicted molar refractivity (Wildman–Crippen MR) is 84.0 cm³/mol. The molecule has 0 heterocycles. The van der Waals surface area contributed by atoms with Crippen LogP contribution in [-0.2, 0) is 0 Å². The molecule has 2 rings (SSSR count). The van der Waals surface area contributed by atoms with Gasteiger partial charge in [0.25, 0.3) is 0 Å². The van der Waals surface area contributed by atoms with E-state index >= 15 is 0 Å². The van der Waals surface area contributed by atoms with Crippen LogP contribution in [0.1, 0.15) is 24.1 Å². The normalized spacial score (nSPS) is 12.3. The highest BCUT2D eigenvalue weighted by atomic mass is 79.9. The van der Waals surface area contributed by atoms with Gasteiger partial charge in [-0.05, 0) is 53.5 Å². The van der Waals surface area contributed by atoms with Crippen LogP contribution < -0.4 is 10.1 Å². The van der Waals surface area contributed by atoms with E-state index in [0.29, 0.717) is 5.56 Å². The molecule has 2 nitrogen and oxygen atoms in total. The number of para-hydroxylation sites is 1. The Morgan fingerprint density at radius 3 is 2.57 bits per heavy atom. The lowest BCUT2D eigenvalue weighted by atomic mass is 10.1. The third kappa shape index (κ3) is 4.17. The number of ether oxygens (including phenoxy) is 1. The fraction of sp³-hybridized carbons (Fsp3) is 0.250. The topological polar surface area (TPSA) is 21.3 Å². The van der Waals surface area contributed by atoms with E-state index in [-0.39, 0.29) is 11.8 Å². The van der Waals surface area contributed by atoms with Crippen molar-refractivity contribution in [1.82, 2.24) is 0 Å². The molecule has 0 fully saturated rings. The van der Waals surface area contributed by atoms with Gasteiger partial charge in [0.15, 0.2) is 0 Å². The van der Waals surface area contributed by atoms with Crippen LogP contribution in [0, 0.1) is 6.92 Å². The Hall–Kier alpha value is -1.62. The third-order valence-electron chi connectivity index (χ3n) is 3.10. The highest BCUT2D eigenvalue weighted by Crippen LogP contribution is 2.31. The molecular formula is C16H16BrF2NO. The molecule has 21 heavy (non-hydrogen) atoms. The molecule has 2 aromatic carbocycles. The Bertz CT molecular complexity index is 619. The van der Waals surface area contributed by atoms with Gasteiger partial charge in [0.05, 0.1) is 6.04 Å². The van der Waals surface area contributed by atoms with Crippen molar-refractivity contribution >= 4 is 21.6 Å². The van der Waals surface area contributed by atoms with Crippen LogP contribution in [0.5, 0.6) is 5.75 Å². The first-order valence-electron chi connectivity index (χ1n) is 6.54. The molecule has 0 saturated carbocycles. The quantitative estimate of drug-likeness (QED) is 0.760. The van der Waals surface area contributed by atoms with E-state index in [9.17, 15) is 8.78 Å². The lowest BCUT2D eigenvalue weighted by Crippen LogP contribution is -2.11. The van der Waals surface area contributed by atoms with Gasteiger partial charge in [0.2, 0.25) is 0 Å². The number of rotatable bonds is 5. The van der Waals surface area contributed by atoms with Crippen LogP contribution >= 0.6 is 15.9 Å². The van der Waals surface area contributed by atoms with Gasteiger partial charge in [-0.25, -0.2) is 0 Å². The maximum Gasteiger partial charge on any atom is 0.387 e. The number of benzene rings is 2. The molecule has 0 bridgehead atoms. The van der Waals surface area contributed by atoms with Crippen molar-refractivity contribution in [2.45, 2.75) is 26.5 Å². The Balaban J connectivity index is 2.24. The zero-order valence-electron chi connectivity index (χ0n) is 11.7. The molecule has 0 saturated heterocycles. The summed E-state index contributed by atoms with van der Waals surface area (Å²) in [7, 11) is 0. The summed E-state index contributed by atoms with van der Waals surface area (Å²) >= 11 is 3.48. The molecule has 1 N–H and O–H groups in total. The lowest BCUT2D eigenvalue weighted by molar-refractivity contribution is -0.0505. The minimum absolute atomic E-state index is 0.168. The molecule has 0 aliphatic carbocycles. The molecule has 1 unspecified atom stereocenters. The molecule has 0 amide bonds. The van der Waals surface area contributed by atoms with Crippen molar-refractivity contribution < 1.29 is 13.5 Å². The van der Waals surface area contributed by atoms with E-state index in [1.165, 1.54) is 0 Å². The van der Waals surface area contributed by atoms with Gasteiger partial charge in [-0.15, -0.1) is 0 Å². The van der Waals surface area contributed by atoms with Crippen LogP contribution in [-0.4, -0.2) is 6.61 Å². The summed E-state index contributed by atoms with van der Waals surface area (Å²) in [5, 5.41) is 3.31. The SMILES string of the molecule is Cc1ccc(Br)c(NC(C)c2ccccc2OC(F)F)c1. The lowest BCUT2D eigenvalue weighted by Gasteiger charge is -2.20. The van der Waals surface area contributed by atoms with Crippen LogP contribution in [0.25, 0.3) is 0 Å². The van der Waals surface area contributed by atoms with Crippen LogP contribution in [0.2, 0.25) is 0 Å². The summed E-state index contributed by atoms with van der Waals surface area (Å²) in [6.07, 6.45) is 0. The molecule has 0 aliphatic rings. The average Bonchev–Trinajstić information content (AvgIpc) is 2.42. The van der Waals surface area contributed by atoms with Crippen molar-refractivity contribution in [2.24, 2.45) is 0 Å². The number of alkyl halides is 2. The largest absolute Gasteiger partial charge is 0.434 e. The Labute approximate surface area is 131 Å². The molecule has 1 atom stereocenters. The van der Waals surface area contributed by atoms with E-state index in [1.54, 1.807) is 24.3 Å². The van der Waals surface area contributed by atoms with Gasteiger partial charge in [-0.2, -0.15) is 8.78 Å². The number of nitrogens with one attached hydrogen (secondary N) is 1. The molecule has 2 aromatic rings. The van der Waals surface area contributed by atoms with Crippen LogP contribution in [0.3, 0.4) is 0 Å². The smallest absolute Gasteiger partial charge is 0.387 e. The Kier molecular flexibility index (Phi) is 5.17. The summed E-state index contributed by atoms with van der Waals surface area (Å²) in [5.74, 6) is 0.191. The first-order chi connectivity index (χ1) is 9.97. The van der Waals surface area contributed by atoms with Crippen molar-refractivity contribution in [3.8, 4) is 5.75 Å². The van der Waals surface area contributed by atoms with Crippen molar-refractivity contribution in [3.05, 3.63) is 58.1 Å². The molecule has 0 aromatic heterocycles. The fourth-order valence-electron chi connectivity index (χ4n) is 2.10. The highest BCUT2D eigenvalue weighted by Gasteiger charge is 2.15. The highest BCUT2D eigenvalue weighted by molar-refractivity contribution is 9.10. The van der Waals surface area contributed by atoms with Crippen LogP contribution in [0.15, 0.2) is 46.9 Å². The summed E-state index contributed by atoms with van der Waals surface area (Å²) in [6, 6.07) is 12.6. The van der Waals surface area contributed by atoms with Gasteiger partial charge >= 0.3 is 6.61 Å². The second kappa shape index (κ2) is 6.89. The predicted octanol–water partition coefficient (Wildman–Crippen LogP) is 5.53. The van der Waals surface area contributed by atoms with E-state index < -0.39 is 6.61 Å². The van der Waals surface area contributed by atoms with Gasteiger partial charge in [-0.1, -0.05) is 24.3 Å². The summed E-state index contributed by atoms with van der Waals surface area (Å²) in [6.45, 7) is 1.07. The minimum atomic E-state index is -2.83. The van der Waals surface area contributed by atoms with Gasteiger partial charge in [0, 0.05) is 15.7 Å². The first kappa shape index (κ1) is 15.8. The fourth-order valence-corrected chi connectivity index (χ4v) is 2.46. The molecule has 5 heteroatoms. The molecule has 0 aliphatic heterocycles. The number of halogens is 3. The van der Waals surface area contributed by atoms with Crippen LogP contribution in [0.4, 0.5) is 14.5 Å². The van der Waals surface area contributed by atoms with Crippen molar-refractivity contribution in [2.75, 3.05) is 5.32 Å². The average molecular weight is 356 g/mol. The molecule has 0 radical (unpaired) electrons.